The summed E-state index contributed by atoms with van der Waals surface area (Å²) < 4.78 is 12.1. The van der Waals surface area contributed by atoms with Gasteiger partial charge in [-0.15, -0.1) is 0 Å². The Labute approximate surface area is 491 Å². The Kier molecular flexibility index (Phi) is 20.2. The second kappa shape index (κ2) is 28.6. The molecule has 446 valence electrons. The molecule has 1 unspecified atom stereocenters. The highest BCUT2D eigenvalue weighted by molar-refractivity contribution is 5.82. The van der Waals surface area contributed by atoms with Crippen molar-refractivity contribution < 1.29 is 0 Å². The van der Waals surface area contributed by atoms with E-state index < -0.39 is 0 Å². The summed E-state index contributed by atoms with van der Waals surface area (Å²) in [4.78, 5) is 43.9. The third-order valence-corrected chi connectivity index (χ3v) is 14.3. The molecule has 28 nitrogen and oxygen atoms in total. The van der Waals surface area contributed by atoms with Crippen molar-refractivity contribution in [3.63, 3.8) is 0 Å². The molecule has 2 fully saturated rings. The van der Waals surface area contributed by atoms with Crippen LogP contribution in [-0.2, 0) is 26.2 Å². The largest absolute Gasteiger partial charge is 0.385 e. The molecule has 0 bridgehead atoms. The fourth-order valence-corrected chi connectivity index (χ4v) is 10.00. The summed E-state index contributed by atoms with van der Waals surface area (Å²) in [5, 5.41) is 12.7. The summed E-state index contributed by atoms with van der Waals surface area (Å²) in [6.07, 6.45) is 11.6. The van der Waals surface area contributed by atoms with Crippen LogP contribution in [0.1, 0.15) is 18.5 Å². The summed E-state index contributed by atoms with van der Waals surface area (Å²) in [6, 6.07) is 28.2. The fourth-order valence-electron chi connectivity index (χ4n) is 10.00. The number of fused-ring (bicyclic) bond motifs is 6. The van der Waals surface area contributed by atoms with Crippen LogP contribution in [0.15, 0.2) is 122 Å². The maximum Gasteiger partial charge on any atom is 0.203 e. The fraction of sp³-hybridized carbons (Fsp3) is 0.333. The molecular weight excluding hydrogens is 1080 g/mol. The first-order valence-corrected chi connectivity index (χ1v) is 28.1. The SMILES string of the molecule is CN(C)CCn1c(N)nc2ncccc21.CNCCn1c(N)cc2ncccc21.CNCCn1c(N)nc2ncccc21.NCCn1c(N)nc2ncccc21.Nc1cc2ncccc2n1C1CCNC1.Nc1nc2ncccc2n1C1CNC1. The minimum Gasteiger partial charge on any atom is -0.385 e. The van der Waals surface area contributed by atoms with Gasteiger partial charge in [-0.2, -0.15) is 19.9 Å². The zero-order valence-electron chi connectivity index (χ0n) is 48.5. The van der Waals surface area contributed by atoms with Gasteiger partial charge < -0.3 is 93.7 Å². The van der Waals surface area contributed by atoms with Crippen molar-refractivity contribution in [3.05, 3.63) is 122 Å². The molecule has 18 N–H and O–H groups in total. The van der Waals surface area contributed by atoms with Crippen LogP contribution < -0.4 is 61.4 Å². The number of nitrogen functional groups attached to an aromatic ring is 6. The number of pyridine rings is 6. The Hall–Kier alpha value is -9.58. The summed E-state index contributed by atoms with van der Waals surface area (Å²) >= 11 is 0. The first-order chi connectivity index (χ1) is 41.4. The predicted molar refractivity (Wildman–Crippen MR) is 340 cm³/mol. The van der Waals surface area contributed by atoms with Crippen LogP contribution in [0.4, 0.5) is 35.4 Å². The van der Waals surface area contributed by atoms with Crippen LogP contribution in [0.25, 0.3) is 66.7 Å². The lowest BCUT2D eigenvalue weighted by molar-refractivity contribution is 0.354. The standard InChI is InChI=1S/C11H14N4.C10H15N5.C10H14N4.C9H11N5.C9H13N5.C8H11N5/c12-11-6-9-10(2-1-4-14-9)15(11)8-3-5-13-7-8;1-14(2)6-7-15-8-4-3-5-12-9(8)13-10(15)11;1-12-5-6-14-9-3-2-4-13-8(9)7-10(14)11;10-9-13-8-7(2-1-3-12-8)14(9)6-4-11-5-6;1-11-5-6-14-7-3-2-4-12-8(7)13-9(14)10;9-3-5-13-6-2-1-4-11-7(6)12-8(13)10/h1-2,4,6,8,13H,3,5,7,12H2;3-5H,6-7H2,1-2H3,(H2,11,12,13);2-4,7,12H,5-6,11H2,1H3;1-3,6,11H,4-5H2,(H2,10,12,13);2-4,11H,5-6H2,1H3,(H2,10,12,13);1-2,4H,3,5,9H2,(H2,10,11,12). The summed E-state index contributed by atoms with van der Waals surface area (Å²) in [7, 11) is 7.91. The smallest absolute Gasteiger partial charge is 0.203 e. The number of nitrogens with two attached hydrogens (primary N) is 7. The number of aromatic nitrogens is 16. The molecule has 2 aliphatic heterocycles. The number of hydrogen-bond acceptors (Lipinski definition) is 22. The molecule has 0 saturated carbocycles. The van der Waals surface area contributed by atoms with Gasteiger partial charge in [0.1, 0.15) is 11.6 Å². The van der Waals surface area contributed by atoms with E-state index in [-0.39, 0.29) is 0 Å². The van der Waals surface area contributed by atoms with E-state index in [9.17, 15) is 0 Å². The van der Waals surface area contributed by atoms with E-state index >= 15 is 0 Å². The van der Waals surface area contributed by atoms with E-state index in [0.29, 0.717) is 65.9 Å². The minimum atomic E-state index is 0.434. The molecule has 85 heavy (non-hydrogen) atoms. The lowest BCUT2D eigenvalue weighted by Gasteiger charge is -2.29. The number of rotatable bonds is 13. The number of hydrogen-bond donors (Lipinski definition) is 11. The predicted octanol–water partition coefficient (Wildman–Crippen LogP) is 2.93. The van der Waals surface area contributed by atoms with Crippen molar-refractivity contribution in [2.24, 2.45) is 5.73 Å². The quantitative estimate of drug-likeness (QED) is 0.0790. The van der Waals surface area contributed by atoms with Crippen molar-refractivity contribution in [1.29, 1.82) is 0 Å². The van der Waals surface area contributed by atoms with Gasteiger partial charge >= 0.3 is 0 Å². The van der Waals surface area contributed by atoms with Crippen LogP contribution in [0, 0.1) is 0 Å². The molecule has 12 aromatic heterocycles. The molecule has 0 aliphatic carbocycles. The van der Waals surface area contributed by atoms with E-state index in [1.165, 1.54) is 0 Å². The van der Waals surface area contributed by atoms with E-state index in [0.717, 1.165) is 133 Å². The molecule has 0 amide bonds. The third kappa shape index (κ3) is 14.3. The van der Waals surface area contributed by atoms with Crippen LogP contribution in [0.2, 0.25) is 0 Å². The van der Waals surface area contributed by atoms with E-state index in [2.05, 4.69) is 95.8 Å². The van der Waals surface area contributed by atoms with Gasteiger partial charge in [0.2, 0.25) is 23.8 Å². The molecule has 0 radical (unpaired) electrons. The lowest BCUT2D eigenvalue weighted by Crippen LogP contribution is -2.43. The zero-order valence-corrected chi connectivity index (χ0v) is 48.5. The van der Waals surface area contributed by atoms with Crippen molar-refractivity contribution >= 4 is 102 Å². The molecule has 12 aromatic rings. The Bertz CT molecular complexity index is 3960. The number of imidazole rings is 4. The molecule has 14 rings (SSSR count). The highest BCUT2D eigenvalue weighted by atomic mass is 15.2. The van der Waals surface area contributed by atoms with Gasteiger partial charge in [0.25, 0.3) is 0 Å². The second-order valence-electron chi connectivity index (χ2n) is 20.3. The second-order valence-corrected chi connectivity index (χ2v) is 20.3. The van der Waals surface area contributed by atoms with Gasteiger partial charge in [-0.1, -0.05) is 0 Å². The molecule has 1 atom stereocenters. The highest BCUT2D eigenvalue weighted by Gasteiger charge is 2.24. The first-order valence-electron chi connectivity index (χ1n) is 28.1. The Morgan fingerprint density at radius 3 is 1.38 bits per heavy atom. The lowest BCUT2D eigenvalue weighted by atomic mass is 10.2. The Morgan fingerprint density at radius 1 is 0.471 bits per heavy atom. The number of likely N-dealkylation sites (N-methyl/N-ethyl adjacent to an activating group) is 3. The van der Waals surface area contributed by atoms with E-state index in [1.54, 1.807) is 37.2 Å². The average molecular weight is 1160 g/mol. The molecule has 2 aliphatic rings. The normalized spacial score (nSPS) is 13.8. The average Bonchev–Trinajstić information content (AvgIpc) is 3.46. The summed E-state index contributed by atoms with van der Waals surface area (Å²) in [6.45, 7) is 10.4. The van der Waals surface area contributed by atoms with Crippen molar-refractivity contribution in [3.8, 4) is 0 Å². The summed E-state index contributed by atoms with van der Waals surface area (Å²) in [5.74, 6) is 3.68. The van der Waals surface area contributed by atoms with Crippen LogP contribution >= 0.6 is 0 Å². The Balaban J connectivity index is 0.000000122. The first kappa shape index (κ1) is 60.0. The zero-order chi connectivity index (χ0) is 59.8. The molecule has 0 aromatic carbocycles. The van der Waals surface area contributed by atoms with Gasteiger partial charge in [-0.05, 0) is 114 Å². The van der Waals surface area contributed by atoms with Gasteiger partial charge in [0.05, 0.1) is 50.2 Å². The van der Waals surface area contributed by atoms with E-state index in [1.807, 2.05) is 121 Å². The molecule has 14 heterocycles. The van der Waals surface area contributed by atoms with Crippen LogP contribution in [-0.4, -0.2) is 163 Å². The van der Waals surface area contributed by atoms with Gasteiger partial charge in [-0.3, -0.25) is 9.97 Å². The summed E-state index contributed by atoms with van der Waals surface area (Å²) in [5.41, 5.74) is 51.5. The minimum absolute atomic E-state index is 0.434. The number of anilines is 6. The van der Waals surface area contributed by atoms with Crippen LogP contribution in [0.3, 0.4) is 0 Å². The highest BCUT2D eigenvalue weighted by Crippen LogP contribution is 2.28. The molecule has 28 heteroatoms. The van der Waals surface area contributed by atoms with Gasteiger partial charge in [0.15, 0.2) is 22.6 Å². The maximum atomic E-state index is 6.03. The van der Waals surface area contributed by atoms with Crippen LogP contribution in [0.5, 0.6) is 0 Å². The molecular formula is C57H78N28. The molecule has 2 saturated heterocycles. The van der Waals surface area contributed by atoms with Crippen molar-refractivity contribution in [2.45, 2.75) is 44.7 Å². The third-order valence-electron chi connectivity index (χ3n) is 14.3. The van der Waals surface area contributed by atoms with Gasteiger partial charge in [-0.25, -0.2) is 19.9 Å². The topological polar surface area (TPSA) is 392 Å². The Morgan fingerprint density at radius 2 is 0.894 bits per heavy atom. The maximum absolute atomic E-state index is 6.03. The molecule has 0 spiro atoms. The van der Waals surface area contributed by atoms with Gasteiger partial charge in [0, 0.05) is 127 Å². The monoisotopic (exact) mass is 1150 g/mol. The van der Waals surface area contributed by atoms with Crippen molar-refractivity contribution in [2.75, 3.05) is 115 Å². The van der Waals surface area contributed by atoms with E-state index in [4.69, 9.17) is 40.1 Å². The number of nitrogens with zero attached hydrogens (tertiary/aromatic N) is 17. The number of nitrogens with one attached hydrogen (secondary N) is 4. The van der Waals surface area contributed by atoms with Crippen molar-refractivity contribution in [1.82, 2.24) is 103 Å².